The molecule has 1 aromatic carbocycles. The van der Waals surface area contributed by atoms with Crippen LogP contribution in [0.15, 0.2) is 77.7 Å². The van der Waals surface area contributed by atoms with Crippen LogP contribution in [0.25, 0.3) is 11.1 Å². The van der Waals surface area contributed by atoms with Gasteiger partial charge in [-0.15, -0.1) is 10.2 Å². The van der Waals surface area contributed by atoms with Crippen molar-refractivity contribution in [3.8, 4) is 11.1 Å². The molecule has 2 aromatic heterocycles. The maximum atomic E-state index is 13.0. The largest absolute Gasteiger partial charge is 0.612 e. The predicted molar refractivity (Wildman–Crippen MR) is 122 cm³/mol. The van der Waals surface area contributed by atoms with E-state index in [0.29, 0.717) is 11.7 Å². The predicted octanol–water partition coefficient (Wildman–Crippen LogP) is 3.77. The van der Waals surface area contributed by atoms with Gasteiger partial charge in [-0.25, -0.2) is 0 Å². The SMILES string of the molecule is C[S+]([O-])c1ccccc1-c1ccnc(C(=O)NC2=CC(c3nncn3C3CC3)CC=C2)c1. The maximum absolute atomic E-state index is 13.0. The summed E-state index contributed by atoms with van der Waals surface area (Å²) in [5, 5.41) is 11.4. The van der Waals surface area contributed by atoms with Gasteiger partial charge in [-0.3, -0.25) is 9.78 Å². The Morgan fingerprint density at radius 3 is 2.91 bits per heavy atom. The van der Waals surface area contributed by atoms with Gasteiger partial charge in [0.25, 0.3) is 5.91 Å². The van der Waals surface area contributed by atoms with E-state index in [4.69, 9.17) is 0 Å². The third-order valence-corrected chi connectivity index (χ3v) is 6.67. The number of hydrogen-bond acceptors (Lipinski definition) is 5. The summed E-state index contributed by atoms with van der Waals surface area (Å²) in [5.74, 6) is 0.721. The zero-order chi connectivity index (χ0) is 22.1. The van der Waals surface area contributed by atoms with Crippen LogP contribution in [-0.2, 0) is 11.2 Å². The van der Waals surface area contributed by atoms with E-state index < -0.39 is 11.2 Å². The van der Waals surface area contributed by atoms with E-state index in [9.17, 15) is 9.35 Å². The molecule has 2 unspecified atom stereocenters. The molecule has 2 aliphatic rings. The third kappa shape index (κ3) is 4.24. The van der Waals surface area contributed by atoms with Gasteiger partial charge in [-0.1, -0.05) is 18.2 Å². The Hall–Kier alpha value is -3.23. The van der Waals surface area contributed by atoms with Crippen LogP contribution in [-0.4, -0.2) is 36.5 Å². The van der Waals surface area contributed by atoms with Crippen LogP contribution in [0.1, 0.15) is 47.5 Å². The lowest BCUT2D eigenvalue weighted by atomic mass is 9.98. The summed E-state index contributed by atoms with van der Waals surface area (Å²) < 4.78 is 14.3. The number of carbonyl (C=O) groups is 1. The molecular formula is C24H23N5O2S. The Morgan fingerprint density at radius 1 is 1.25 bits per heavy atom. The number of benzene rings is 1. The van der Waals surface area contributed by atoms with E-state index in [1.54, 1.807) is 24.8 Å². The van der Waals surface area contributed by atoms with Crippen LogP contribution >= 0.6 is 0 Å². The van der Waals surface area contributed by atoms with Crippen LogP contribution in [0.4, 0.5) is 0 Å². The second-order valence-electron chi connectivity index (χ2n) is 8.03. The number of rotatable bonds is 6. The molecule has 0 bridgehead atoms. The summed E-state index contributed by atoms with van der Waals surface area (Å²) in [6, 6.07) is 11.6. The number of carbonyl (C=O) groups excluding carboxylic acids is 1. The molecule has 162 valence electrons. The molecule has 1 amide bonds. The van der Waals surface area contributed by atoms with Crippen molar-refractivity contribution in [1.29, 1.82) is 0 Å². The Bertz CT molecular complexity index is 1210. The van der Waals surface area contributed by atoms with E-state index in [1.807, 2.05) is 48.6 Å². The molecular weight excluding hydrogens is 422 g/mol. The lowest BCUT2D eigenvalue weighted by Crippen LogP contribution is -2.24. The summed E-state index contributed by atoms with van der Waals surface area (Å²) in [6.07, 6.45) is 14.2. The van der Waals surface area contributed by atoms with Gasteiger partial charge in [0.1, 0.15) is 24.1 Å². The Morgan fingerprint density at radius 2 is 2.09 bits per heavy atom. The van der Waals surface area contributed by atoms with E-state index >= 15 is 0 Å². The molecule has 2 atom stereocenters. The molecule has 2 aliphatic carbocycles. The van der Waals surface area contributed by atoms with Gasteiger partial charge in [0.2, 0.25) is 0 Å². The molecule has 7 nitrogen and oxygen atoms in total. The number of nitrogens with one attached hydrogen (secondary N) is 1. The van der Waals surface area contributed by atoms with Gasteiger partial charge >= 0.3 is 0 Å². The van der Waals surface area contributed by atoms with Gasteiger partial charge in [0.05, 0.1) is 0 Å². The molecule has 0 saturated heterocycles. The third-order valence-electron chi connectivity index (χ3n) is 5.70. The van der Waals surface area contributed by atoms with E-state index in [0.717, 1.165) is 46.8 Å². The van der Waals surface area contributed by atoms with Gasteiger partial charge in [0, 0.05) is 29.4 Å². The molecule has 1 fully saturated rings. The van der Waals surface area contributed by atoms with Crippen LogP contribution in [0.3, 0.4) is 0 Å². The first-order valence-corrected chi connectivity index (χ1v) is 12.1. The van der Waals surface area contributed by atoms with Crippen LogP contribution in [0, 0.1) is 0 Å². The van der Waals surface area contributed by atoms with Crippen molar-refractivity contribution in [2.24, 2.45) is 0 Å². The van der Waals surface area contributed by atoms with E-state index in [1.165, 1.54) is 0 Å². The van der Waals surface area contributed by atoms with Crippen LogP contribution in [0.5, 0.6) is 0 Å². The summed E-state index contributed by atoms with van der Waals surface area (Å²) >= 11 is -1.14. The molecule has 8 heteroatoms. The molecule has 1 saturated carbocycles. The Balaban J connectivity index is 1.36. The molecule has 1 N–H and O–H groups in total. The number of aromatic nitrogens is 4. The van der Waals surface area contributed by atoms with Crippen LogP contribution in [0.2, 0.25) is 0 Å². The minimum Gasteiger partial charge on any atom is -0.612 e. The topological polar surface area (TPSA) is 95.8 Å². The van der Waals surface area contributed by atoms with Gasteiger partial charge < -0.3 is 14.4 Å². The first-order valence-electron chi connectivity index (χ1n) is 10.6. The highest BCUT2D eigenvalue weighted by Crippen LogP contribution is 2.38. The minimum absolute atomic E-state index is 0.0732. The zero-order valence-electron chi connectivity index (χ0n) is 17.6. The highest BCUT2D eigenvalue weighted by molar-refractivity contribution is 7.90. The highest BCUT2D eigenvalue weighted by Gasteiger charge is 2.29. The highest BCUT2D eigenvalue weighted by atomic mass is 32.2. The first kappa shape index (κ1) is 20.7. The summed E-state index contributed by atoms with van der Waals surface area (Å²) in [4.78, 5) is 17.9. The normalized spacial score (nSPS) is 18.8. The molecule has 32 heavy (non-hydrogen) atoms. The van der Waals surface area contributed by atoms with Gasteiger partial charge in [0.15, 0.2) is 4.90 Å². The average molecular weight is 446 g/mol. The molecule has 3 aromatic rings. The number of nitrogens with zero attached hydrogens (tertiary/aromatic N) is 4. The number of pyridine rings is 1. The first-order chi connectivity index (χ1) is 15.6. The van der Waals surface area contributed by atoms with E-state index in [-0.39, 0.29) is 11.8 Å². The fourth-order valence-electron chi connectivity index (χ4n) is 3.97. The number of allylic oxidation sites excluding steroid dienone is 3. The molecule has 0 spiro atoms. The molecule has 0 aliphatic heterocycles. The quantitative estimate of drug-likeness (QED) is 0.583. The fourth-order valence-corrected chi connectivity index (χ4v) is 4.74. The fraction of sp³-hybridized carbons (Fsp3) is 0.250. The zero-order valence-corrected chi connectivity index (χ0v) is 18.5. The van der Waals surface area contributed by atoms with Gasteiger partial charge in [-0.2, -0.15) is 0 Å². The smallest absolute Gasteiger partial charge is 0.274 e. The standard InChI is InChI=1S/C24H23N5O2S/c1-32(31)22-8-3-2-7-20(22)16-11-12-25-21(14-16)24(30)27-18-6-4-5-17(13-18)23-28-26-15-29(23)19-9-10-19/h2-4,6-8,11-15,17,19H,5,9-10H2,1H3,(H,27,30). The van der Waals surface area contributed by atoms with Crippen molar-refractivity contribution in [3.05, 3.63) is 84.4 Å². The second kappa shape index (κ2) is 8.72. The van der Waals surface area contributed by atoms with Crippen molar-refractivity contribution in [3.63, 3.8) is 0 Å². The van der Waals surface area contributed by atoms with Crippen molar-refractivity contribution >= 4 is 17.1 Å². The molecule has 5 rings (SSSR count). The summed E-state index contributed by atoms with van der Waals surface area (Å²) in [6.45, 7) is 0. The van der Waals surface area contributed by atoms with Crippen molar-refractivity contribution in [1.82, 2.24) is 25.1 Å². The average Bonchev–Trinajstić information content (AvgIpc) is 3.55. The summed E-state index contributed by atoms with van der Waals surface area (Å²) in [5.41, 5.74) is 2.66. The van der Waals surface area contributed by atoms with Crippen molar-refractivity contribution in [2.45, 2.75) is 36.1 Å². The van der Waals surface area contributed by atoms with Crippen molar-refractivity contribution < 1.29 is 9.35 Å². The van der Waals surface area contributed by atoms with Crippen molar-refractivity contribution in [2.75, 3.05) is 6.26 Å². The minimum atomic E-state index is -1.14. The second-order valence-corrected chi connectivity index (χ2v) is 9.38. The molecule has 2 heterocycles. The van der Waals surface area contributed by atoms with E-state index in [2.05, 4.69) is 25.1 Å². The number of hydrogen-bond donors (Lipinski definition) is 1. The maximum Gasteiger partial charge on any atom is 0.274 e. The summed E-state index contributed by atoms with van der Waals surface area (Å²) in [7, 11) is 0. The Kier molecular flexibility index (Phi) is 5.63. The monoisotopic (exact) mass is 445 g/mol. The lowest BCUT2D eigenvalue weighted by Gasteiger charge is -2.17. The number of amides is 1. The Labute approximate surface area is 189 Å². The lowest BCUT2D eigenvalue weighted by molar-refractivity contribution is 0.0962. The van der Waals surface area contributed by atoms with Gasteiger partial charge in [-0.05, 0) is 72.4 Å². The molecule has 0 radical (unpaired) electrons. The van der Waals surface area contributed by atoms with Crippen LogP contribution < -0.4 is 5.32 Å².